The highest BCUT2D eigenvalue weighted by Gasteiger charge is 2.07. The van der Waals surface area contributed by atoms with Crippen molar-refractivity contribution in [2.24, 2.45) is 0 Å². The number of rotatable bonds is 7. The van der Waals surface area contributed by atoms with Gasteiger partial charge in [0.1, 0.15) is 0 Å². The first-order valence-corrected chi connectivity index (χ1v) is 6.39. The Hall–Kier alpha value is 0.270. The summed E-state index contributed by atoms with van der Waals surface area (Å²) in [6, 6.07) is 1.29. The van der Waals surface area contributed by atoms with Gasteiger partial charge in [0, 0.05) is 30.9 Å². The maximum atomic E-state index is 3.42. The van der Waals surface area contributed by atoms with E-state index in [1.807, 2.05) is 11.8 Å². The third-order valence-electron chi connectivity index (χ3n) is 2.18. The Morgan fingerprint density at radius 3 is 2.38 bits per heavy atom. The highest BCUT2D eigenvalue weighted by molar-refractivity contribution is 7.98. The lowest BCUT2D eigenvalue weighted by Crippen LogP contribution is -2.38. The van der Waals surface area contributed by atoms with Crippen LogP contribution >= 0.6 is 11.8 Å². The van der Waals surface area contributed by atoms with E-state index in [1.54, 1.807) is 0 Å². The minimum absolute atomic E-state index is 0.601. The average molecular weight is 204 g/mol. The number of hydrogen-bond acceptors (Lipinski definition) is 3. The van der Waals surface area contributed by atoms with Gasteiger partial charge in [0.2, 0.25) is 0 Å². The van der Waals surface area contributed by atoms with E-state index in [0.717, 1.165) is 13.1 Å². The Balaban J connectivity index is 3.43. The van der Waals surface area contributed by atoms with Gasteiger partial charge in [-0.3, -0.25) is 0 Å². The van der Waals surface area contributed by atoms with Gasteiger partial charge in [0.25, 0.3) is 0 Å². The van der Waals surface area contributed by atoms with Crippen molar-refractivity contribution in [3.8, 4) is 0 Å². The molecule has 0 saturated carbocycles. The number of hydrogen-bond donors (Lipinski definition) is 1. The molecule has 0 bridgehead atoms. The third kappa shape index (κ3) is 7.35. The monoisotopic (exact) mass is 204 g/mol. The van der Waals surface area contributed by atoms with Crippen LogP contribution < -0.4 is 5.32 Å². The van der Waals surface area contributed by atoms with Gasteiger partial charge in [-0.1, -0.05) is 13.8 Å². The zero-order valence-corrected chi connectivity index (χ0v) is 10.4. The Labute approximate surface area is 87.5 Å². The van der Waals surface area contributed by atoms with E-state index in [2.05, 4.69) is 44.3 Å². The number of thioether (sulfide) groups is 1. The molecule has 3 heteroatoms. The zero-order chi connectivity index (χ0) is 10.3. The molecule has 0 fully saturated rings. The van der Waals surface area contributed by atoms with Crippen molar-refractivity contribution in [2.75, 3.05) is 32.1 Å². The molecule has 80 valence electrons. The molecule has 0 aromatic rings. The molecule has 2 nitrogen and oxygen atoms in total. The first-order valence-electron chi connectivity index (χ1n) is 5.00. The molecule has 0 amide bonds. The Bertz CT molecular complexity index is 117. The van der Waals surface area contributed by atoms with Crippen molar-refractivity contribution in [3.05, 3.63) is 0 Å². The van der Waals surface area contributed by atoms with E-state index < -0.39 is 0 Å². The van der Waals surface area contributed by atoms with Crippen LogP contribution in [0.15, 0.2) is 0 Å². The van der Waals surface area contributed by atoms with Gasteiger partial charge in [-0.25, -0.2) is 0 Å². The van der Waals surface area contributed by atoms with Gasteiger partial charge >= 0.3 is 0 Å². The normalized spacial score (nSPS) is 14.1. The van der Waals surface area contributed by atoms with E-state index >= 15 is 0 Å². The van der Waals surface area contributed by atoms with Gasteiger partial charge in [-0.15, -0.1) is 0 Å². The molecule has 1 atom stereocenters. The van der Waals surface area contributed by atoms with Crippen molar-refractivity contribution in [1.82, 2.24) is 10.2 Å². The fourth-order valence-electron chi connectivity index (χ4n) is 1.12. The summed E-state index contributed by atoms with van der Waals surface area (Å²) in [7, 11) is 2.20. The molecule has 0 aliphatic heterocycles. The van der Waals surface area contributed by atoms with Gasteiger partial charge in [-0.05, 0) is 20.2 Å². The summed E-state index contributed by atoms with van der Waals surface area (Å²) in [5, 5.41) is 3.42. The van der Waals surface area contributed by atoms with Crippen molar-refractivity contribution in [2.45, 2.75) is 32.9 Å². The Morgan fingerprint density at radius 2 is 1.92 bits per heavy atom. The number of nitrogens with zero attached hydrogens (tertiary/aromatic N) is 1. The average Bonchev–Trinajstić information content (AvgIpc) is 2.04. The fourth-order valence-corrected chi connectivity index (χ4v) is 1.86. The molecule has 13 heavy (non-hydrogen) atoms. The van der Waals surface area contributed by atoms with Gasteiger partial charge in [-0.2, -0.15) is 11.8 Å². The quantitative estimate of drug-likeness (QED) is 0.679. The molecule has 0 radical (unpaired) electrons. The molecule has 0 spiro atoms. The molecule has 1 unspecified atom stereocenters. The van der Waals surface area contributed by atoms with Crippen molar-refractivity contribution in [1.29, 1.82) is 0 Å². The minimum atomic E-state index is 0.601. The predicted octanol–water partition coefficient (Wildman–Crippen LogP) is 1.67. The molecule has 0 aromatic carbocycles. The molecule has 0 saturated heterocycles. The number of nitrogens with one attached hydrogen (secondary N) is 1. The van der Waals surface area contributed by atoms with Crippen LogP contribution in [0.3, 0.4) is 0 Å². The van der Waals surface area contributed by atoms with Crippen molar-refractivity contribution >= 4 is 11.8 Å². The molecule has 0 heterocycles. The predicted molar refractivity (Wildman–Crippen MR) is 63.6 cm³/mol. The maximum absolute atomic E-state index is 3.42. The van der Waals surface area contributed by atoms with E-state index in [1.165, 1.54) is 5.75 Å². The smallest absolute Gasteiger partial charge is 0.0155 e. The molecule has 0 rings (SSSR count). The van der Waals surface area contributed by atoms with E-state index in [0.29, 0.717) is 12.1 Å². The molecular formula is C10H24N2S. The summed E-state index contributed by atoms with van der Waals surface area (Å²) in [5.74, 6) is 1.22. The van der Waals surface area contributed by atoms with Crippen molar-refractivity contribution in [3.63, 3.8) is 0 Å². The summed E-state index contributed by atoms with van der Waals surface area (Å²) in [5.41, 5.74) is 0. The third-order valence-corrected chi connectivity index (χ3v) is 2.99. The van der Waals surface area contributed by atoms with Crippen LogP contribution in [0.4, 0.5) is 0 Å². The summed E-state index contributed by atoms with van der Waals surface area (Å²) >= 11 is 1.92. The summed E-state index contributed by atoms with van der Waals surface area (Å²) in [6.45, 7) is 8.88. The lowest BCUT2D eigenvalue weighted by molar-refractivity contribution is 0.274. The molecule has 0 aliphatic rings. The molecule has 0 aromatic heterocycles. The topological polar surface area (TPSA) is 15.3 Å². The standard InChI is InChI=1S/C10H24N2S/c1-9(2)11-6-7-12(4)10(3)8-13-5/h9-11H,6-8H2,1-5H3. The van der Waals surface area contributed by atoms with Crippen LogP contribution in [0.2, 0.25) is 0 Å². The van der Waals surface area contributed by atoms with Crippen LogP contribution in [0.5, 0.6) is 0 Å². The van der Waals surface area contributed by atoms with Gasteiger partial charge in [0.15, 0.2) is 0 Å². The lowest BCUT2D eigenvalue weighted by Gasteiger charge is -2.24. The first kappa shape index (κ1) is 13.3. The summed E-state index contributed by atoms with van der Waals surface area (Å²) in [6.07, 6.45) is 2.16. The lowest BCUT2D eigenvalue weighted by atomic mass is 10.3. The second-order valence-electron chi connectivity index (χ2n) is 3.89. The SMILES string of the molecule is CSCC(C)N(C)CCNC(C)C. The fraction of sp³-hybridized carbons (Fsp3) is 1.00. The minimum Gasteiger partial charge on any atom is -0.313 e. The van der Waals surface area contributed by atoms with E-state index in [-0.39, 0.29) is 0 Å². The summed E-state index contributed by atoms with van der Waals surface area (Å²) in [4.78, 5) is 2.41. The second kappa shape index (κ2) is 7.65. The molecular weight excluding hydrogens is 180 g/mol. The highest BCUT2D eigenvalue weighted by Crippen LogP contribution is 2.02. The maximum Gasteiger partial charge on any atom is 0.0155 e. The van der Waals surface area contributed by atoms with Crippen LogP contribution in [0.25, 0.3) is 0 Å². The van der Waals surface area contributed by atoms with E-state index in [9.17, 15) is 0 Å². The van der Waals surface area contributed by atoms with Crippen LogP contribution in [0.1, 0.15) is 20.8 Å². The van der Waals surface area contributed by atoms with Crippen molar-refractivity contribution < 1.29 is 0 Å². The zero-order valence-electron chi connectivity index (χ0n) is 9.63. The molecule has 1 N–H and O–H groups in total. The Morgan fingerprint density at radius 1 is 1.31 bits per heavy atom. The number of likely N-dealkylation sites (N-methyl/N-ethyl adjacent to an activating group) is 1. The Kier molecular flexibility index (Phi) is 7.81. The second-order valence-corrected chi connectivity index (χ2v) is 4.80. The first-order chi connectivity index (χ1) is 6.07. The largest absolute Gasteiger partial charge is 0.313 e. The van der Waals surface area contributed by atoms with E-state index in [4.69, 9.17) is 0 Å². The molecule has 0 aliphatic carbocycles. The van der Waals surface area contributed by atoms with Crippen LogP contribution in [-0.4, -0.2) is 49.1 Å². The van der Waals surface area contributed by atoms with Gasteiger partial charge in [0.05, 0.1) is 0 Å². The van der Waals surface area contributed by atoms with Crippen LogP contribution in [-0.2, 0) is 0 Å². The van der Waals surface area contributed by atoms with Gasteiger partial charge < -0.3 is 10.2 Å². The van der Waals surface area contributed by atoms with Crippen LogP contribution in [0, 0.1) is 0 Å². The highest BCUT2D eigenvalue weighted by atomic mass is 32.2. The summed E-state index contributed by atoms with van der Waals surface area (Å²) < 4.78 is 0.